The normalized spacial score (nSPS) is 11.8. The van der Waals surface area contributed by atoms with Gasteiger partial charge >= 0.3 is 0 Å². The molecule has 0 aromatic heterocycles. The van der Waals surface area contributed by atoms with Crippen LogP contribution in [0.4, 0.5) is 10.1 Å². The minimum atomic E-state index is -0.635. The highest BCUT2D eigenvalue weighted by molar-refractivity contribution is 5.52. The van der Waals surface area contributed by atoms with Crippen LogP contribution in [0, 0.1) is 17.1 Å². The Kier molecular flexibility index (Phi) is 2.70. The fraction of sp³-hybridized carbons (Fsp3) is 0.222. The van der Waals surface area contributed by atoms with E-state index in [1.54, 1.807) is 6.92 Å². The van der Waals surface area contributed by atoms with Crippen LogP contribution >= 0.6 is 0 Å². The molecule has 4 heteroatoms. The monoisotopic (exact) mass is 180 g/mol. The van der Waals surface area contributed by atoms with E-state index in [2.05, 4.69) is 0 Å². The first-order chi connectivity index (χ1) is 6.13. The molecule has 0 bridgehead atoms. The molecule has 0 saturated heterocycles. The SMILES string of the molecule is C[C@@H](C#N)Oc1cc(F)ccc1N. The number of ether oxygens (including phenoxy) is 1. The second-order valence-corrected chi connectivity index (χ2v) is 2.57. The first-order valence-electron chi connectivity index (χ1n) is 3.75. The number of benzene rings is 1. The van der Waals surface area contributed by atoms with Crippen LogP contribution in [0.2, 0.25) is 0 Å². The summed E-state index contributed by atoms with van der Waals surface area (Å²) in [4.78, 5) is 0. The number of nitrogens with zero attached hydrogens (tertiary/aromatic N) is 1. The largest absolute Gasteiger partial charge is 0.474 e. The smallest absolute Gasteiger partial charge is 0.181 e. The third-order valence-electron chi connectivity index (χ3n) is 1.46. The molecule has 0 fully saturated rings. The summed E-state index contributed by atoms with van der Waals surface area (Å²) in [5.41, 5.74) is 5.81. The van der Waals surface area contributed by atoms with Gasteiger partial charge in [0.2, 0.25) is 0 Å². The van der Waals surface area contributed by atoms with Crippen LogP contribution in [-0.4, -0.2) is 6.10 Å². The maximum Gasteiger partial charge on any atom is 0.181 e. The molecule has 0 saturated carbocycles. The molecule has 1 aromatic rings. The van der Waals surface area contributed by atoms with Gasteiger partial charge < -0.3 is 10.5 Å². The molecule has 0 heterocycles. The lowest BCUT2D eigenvalue weighted by atomic mass is 10.3. The Balaban J connectivity index is 2.88. The van der Waals surface area contributed by atoms with Gasteiger partial charge in [0, 0.05) is 6.07 Å². The zero-order valence-electron chi connectivity index (χ0n) is 7.12. The van der Waals surface area contributed by atoms with Gasteiger partial charge in [0.25, 0.3) is 0 Å². The number of halogens is 1. The summed E-state index contributed by atoms with van der Waals surface area (Å²) >= 11 is 0. The Hall–Kier alpha value is -1.76. The number of rotatable bonds is 2. The summed E-state index contributed by atoms with van der Waals surface area (Å²) in [6, 6.07) is 5.65. The van der Waals surface area contributed by atoms with Crippen molar-refractivity contribution in [2.45, 2.75) is 13.0 Å². The van der Waals surface area contributed by atoms with Gasteiger partial charge in [0.05, 0.1) is 5.69 Å². The maximum absolute atomic E-state index is 12.7. The van der Waals surface area contributed by atoms with E-state index in [-0.39, 0.29) is 5.75 Å². The summed E-state index contributed by atoms with van der Waals surface area (Å²) < 4.78 is 17.7. The second kappa shape index (κ2) is 3.76. The third-order valence-corrected chi connectivity index (χ3v) is 1.46. The Labute approximate surface area is 75.5 Å². The van der Waals surface area contributed by atoms with Crippen LogP contribution in [0.5, 0.6) is 5.75 Å². The van der Waals surface area contributed by atoms with Gasteiger partial charge in [0.1, 0.15) is 17.6 Å². The molecule has 0 radical (unpaired) electrons. The highest BCUT2D eigenvalue weighted by atomic mass is 19.1. The van der Waals surface area contributed by atoms with Crippen molar-refractivity contribution in [1.82, 2.24) is 0 Å². The number of nitriles is 1. The Morgan fingerprint density at radius 1 is 1.62 bits per heavy atom. The molecule has 0 amide bonds. The molecule has 13 heavy (non-hydrogen) atoms. The van der Waals surface area contributed by atoms with Crippen molar-refractivity contribution in [3.63, 3.8) is 0 Å². The summed E-state index contributed by atoms with van der Waals surface area (Å²) in [5, 5.41) is 8.45. The zero-order chi connectivity index (χ0) is 9.84. The van der Waals surface area contributed by atoms with Crippen LogP contribution in [0.15, 0.2) is 18.2 Å². The average molecular weight is 180 g/mol. The first kappa shape index (κ1) is 9.33. The molecule has 2 N–H and O–H groups in total. The maximum atomic E-state index is 12.7. The molecule has 0 aliphatic rings. The molecular formula is C9H9FN2O. The number of hydrogen-bond donors (Lipinski definition) is 1. The summed E-state index contributed by atoms with van der Waals surface area (Å²) in [7, 11) is 0. The van der Waals surface area contributed by atoms with Gasteiger partial charge in [-0.1, -0.05) is 0 Å². The van der Waals surface area contributed by atoms with E-state index < -0.39 is 11.9 Å². The third kappa shape index (κ3) is 2.34. The van der Waals surface area contributed by atoms with Crippen molar-refractivity contribution in [2.24, 2.45) is 0 Å². The topological polar surface area (TPSA) is 59.0 Å². The fourth-order valence-electron chi connectivity index (χ4n) is 0.827. The fourth-order valence-corrected chi connectivity index (χ4v) is 0.827. The van der Waals surface area contributed by atoms with Gasteiger partial charge in [-0.25, -0.2) is 4.39 Å². The Morgan fingerprint density at radius 2 is 2.31 bits per heavy atom. The van der Waals surface area contributed by atoms with E-state index in [4.69, 9.17) is 15.7 Å². The molecule has 1 aromatic carbocycles. The van der Waals surface area contributed by atoms with Crippen LogP contribution in [0.3, 0.4) is 0 Å². The summed E-state index contributed by atoms with van der Waals surface area (Å²) in [6.45, 7) is 1.56. The molecule has 1 rings (SSSR count). The van der Waals surface area contributed by atoms with Crippen LogP contribution in [0.1, 0.15) is 6.92 Å². The van der Waals surface area contributed by atoms with Gasteiger partial charge in [0.15, 0.2) is 6.10 Å². The van der Waals surface area contributed by atoms with E-state index in [1.807, 2.05) is 6.07 Å². The van der Waals surface area contributed by atoms with Crippen molar-refractivity contribution in [1.29, 1.82) is 5.26 Å². The van der Waals surface area contributed by atoms with Gasteiger partial charge in [-0.2, -0.15) is 5.26 Å². The number of hydrogen-bond acceptors (Lipinski definition) is 3. The van der Waals surface area contributed by atoms with Gasteiger partial charge in [-0.15, -0.1) is 0 Å². The highest BCUT2D eigenvalue weighted by Gasteiger charge is 2.06. The molecule has 0 aliphatic carbocycles. The van der Waals surface area contributed by atoms with Crippen molar-refractivity contribution >= 4 is 5.69 Å². The Bertz CT molecular complexity index is 346. The number of nitrogen functional groups attached to an aromatic ring is 1. The van der Waals surface area contributed by atoms with E-state index in [0.29, 0.717) is 5.69 Å². The lowest BCUT2D eigenvalue weighted by molar-refractivity contribution is 0.277. The van der Waals surface area contributed by atoms with Crippen LogP contribution in [-0.2, 0) is 0 Å². The molecule has 3 nitrogen and oxygen atoms in total. The van der Waals surface area contributed by atoms with Gasteiger partial charge in [-0.05, 0) is 19.1 Å². The molecule has 0 aliphatic heterocycles. The predicted octanol–water partition coefficient (Wildman–Crippen LogP) is 1.70. The predicted molar refractivity (Wildman–Crippen MR) is 46.5 cm³/mol. The van der Waals surface area contributed by atoms with Crippen LogP contribution in [0.25, 0.3) is 0 Å². The molecule has 1 atom stereocenters. The summed E-state index contributed by atoms with van der Waals surface area (Å²) in [6.07, 6.45) is -0.635. The second-order valence-electron chi connectivity index (χ2n) is 2.57. The minimum Gasteiger partial charge on any atom is -0.474 e. The molecular weight excluding hydrogens is 171 g/mol. The first-order valence-corrected chi connectivity index (χ1v) is 3.75. The van der Waals surface area contributed by atoms with Crippen molar-refractivity contribution in [3.8, 4) is 11.8 Å². The summed E-state index contributed by atoms with van der Waals surface area (Å²) in [5.74, 6) is -0.233. The highest BCUT2D eigenvalue weighted by Crippen LogP contribution is 2.22. The molecule has 0 spiro atoms. The molecule has 68 valence electrons. The van der Waals surface area contributed by atoms with E-state index in [1.165, 1.54) is 12.1 Å². The van der Waals surface area contributed by atoms with Crippen molar-refractivity contribution < 1.29 is 9.13 Å². The minimum absolute atomic E-state index is 0.203. The lowest BCUT2D eigenvalue weighted by Crippen LogP contribution is -2.09. The van der Waals surface area contributed by atoms with Gasteiger partial charge in [-0.3, -0.25) is 0 Å². The van der Waals surface area contributed by atoms with E-state index >= 15 is 0 Å². The van der Waals surface area contributed by atoms with E-state index in [0.717, 1.165) is 6.07 Å². The Morgan fingerprint density at radius 3 is 2.92 bits per heavy atom. The van der Waals surface area contributed by atoms with Crippen molar-refractivity contribution in [3.05, 3.63) is 24.0 Å². The number of anilines is 1. The zero-order valence-corrected chi connectivity index (χ0v) is 7.12. The van der Waals surface area contributed by atoms with E-state index in [9.17, 15) is 4.39 Å². The lowest BCUT2D eigenvalue weighted by Gasteiger charge is -2.09. The van der Waals surface area contributed by atoms with Crippen LogP contribution < -0.4 is 10.5 Å². The standard InChI is InChI=1S/C9H9FN2O/c1-6(5-11)13-9-4-7(10)2-3-8(9)12/h2-4,6H,12H2,1H3/t6-/m0/s1. The van der Waals surface area contributed by atoms with Crippen molar-refractivity contribution in [2.75, 3.05) is 5.73 Å². The number of nitrogens with two attached hydrogens (primary N) is 1. The quantitative estimate of drug-likeness (QED) is 0.704. The molecule has 0 unspecified atom stereocenters. The average Bonchev–Trinajstić information content (AvgIpc) is 2.11.